The number of carbonyl (C=O) groups excluding carboxylic acids is 2. The third-order valence-electron chi connectivity index (χ3n) is 10.6. The predicted octanol–water partition coefficient (Wildman–Crippen LogP) is 3.99. The summed E-state index contributed by atoms with van der Waals surface area (Å²) in [5, 5.41) is 11.8. The van der Waals surface area contributed by atoms with E-state index in [0.717, 1.165) is 18.4 Å². The fourth-order valence-corrected chi connectivity index (χ4v) is 8.86. The zero-order valence-corrected chi connectivity index (χ0v) is 19.4. The Labute approximate surface area is 188 Å². The second-order valence-electron chi connectivity index (χ2n) is 12.0. The number of hydrogen-bond donors (Lipinski definition) is 1. The monoisotopic (exact) mass is 440 g/mol. The highest BCUT2D eigenvalue weighted by atomic mass is 16.7. The van der Waals surface area contributed by atoms with Crippen molar-refractivity contribution in [2.24, 2.45) is 33.5 Å². The lowest BCUT2D eigenvalue weighted by Crippen LogP contribution is -2.72. The molecule has 5 aliphatic rings. The number of esters is 1. The first-order valence-corrected chi connectivity index (χ1v) is 11.8. The van der Waals surface area contributed by atoms with Crippen LogP contribution in [0.4, 0.5) is 0 Å². The number of epoxide rings is 1. The molecule has 6 rings (SSSR count). The molecule has 172 valence electrons. The number of ether oxygens (including phenoxy) is 2. The van der Waals surface area contributed by atoms with E-state index in [-0.39, 0.29) is 29.0 Å². The minimum atomic E-state index is -0.812. The van der Waals surface area contributed by atoms with Gasteiger partial charge >= 0.3 is 5.97 Å². The summed E-state index contributed by atoms with van der Waals surface area (Å²) in [5.41, 5.74) is -1.95. The molecule has 1 aromatic rings. The number of furan rings is 1. The van der Waals surface area contributed by atoms with Gasteiger partial charge in [0.2, 0.25) is 0 Å². The van der Waals surface area contributed by atoms with Crippen LogP contribution in [0.2, 0.25) is 0 Å². The van der Waals surface area contributed by atoms with Gasteiger partial charge in [-0.15, -0.1) is 0 Å². The molecule has 4 unspecified atom stereocenters. The average Bonchev–Trinajstić information content (AvgIpc) is 3.30. The molecule has 0 bridgehead atoms. The molecule has 3 aliphatic carbocycles. The van der Waals surface area contributed by atoms with Gasteiger partial charge in [-0.25, -0.2) is 4.79 Å². The molecule has 0 amide bonds. The van der Waals surface area contributed by atoms with Crippen molar-refractivity contribution in [3.63, 3.8) is 0 Å². The van der Waals surface area contributed by atoms with Crippen LogP contribution in [0.25, 0.3) is 0 Å². The second kappa shape index (κ2) is 5.76. The highest BCUT2D eigenvalue weighted by molar-refractivity contribution is 5.95. The first-order valence-electron chi connectivity index (χ1n) is 11.8. The lowest BCUT2D eigenvalue weighted by Gasteiger charge is -2.68. The Bertz CT molecular complexity index is 1040. The van der Waals surface area contributed by atoms with E-state index in [1.165, 1.54) is 0 Å². The number of fused-ring (bicyclic) bond motifs is 3. The first-order chi connectivity index (χ1) is 14.9. The van der Waals surface area contributed by atoms with E-state index in [9.17, 15) is 14.7 Å². The Morgan fingerprint density at radius 1 is 1.06 bits per heavy atom. The van der Waals surface area contributed by atoms with Crippen molar-refractivity contribution in [2.45, 2.75) is 77.8 Å². The number of ketones is 1. The van der Waals surface area contributed by atoms with Crippen LogP contribution in [0, 0.1) is 33.5 Å². The van der Waals surface area contributed by atoms with Gasteiger partial charge in [-0.1, -0.05) is 40.7 Å². The molecule has 6 heteroatoms. The van der Waals surface area contributed by atoms with Crippen molar-refractivity contribution in [1.29, 1.82) is 0 Å². The first kappa shape index (κ1) is 20.7. The van der Waals surface area contributed by atoms with Gasteiger partial charge in [0.05, 0.1) is 18.6 Å². The fourth-order valence-electron chi connectivity index (χ4n) is 8.86. The smallest absolute Gasteiger partial charge is 0.339 e. The maximum atomic E-state index is 13.0. The topological polar surface area (TPSA) is 89.3 Å². The van der Waals surface area contributed by atoms with Crippen molar-refractivity contribution in [3.05, 3.63) is 36.3 Å². The zero-order chi connectivity index (χ0) is 22.9. The van der Waals surface area contributed by atoms with Gasteiger partial charge < -0.3 is 19.0 Å². The van der Waals surface area contributed by atoms with E-state index in [1.54, 1.807) is 18.6 Å². The normalized spacial score (nSPS) is 52.9. The number of aliphatic hydroxyl groups excluding tert-OH is 1. The Morgan fingerprint density at radius 3 is 2.50 bits per heavy atom. The summed E-state index contributed by atoms with van der Waals surface area (Å²) >= 11 is 0. The Hall–Kier alpha value is -1.92. The van der Waals surface area contributed by atoms with E-state index in [4.69, 9.17) is 13.9 Å². The molecule has 3 heterocycles. The number of carbonyl (C=O) groups is 2. The molecule has 32 heavy (non-hydrogen) atoms. The molecule has 1 N–H and O–H groups in total. The summed E-state index contributed by atoms with van der Waals surface area (Å²) < 4.78 is 17.6. The largest absolute Gasteiger partial charge is 0.472 e. The summed E-state index contributed by atoms with van der Waals surface area (Å²) in [7, 11) is 0. The molecule has 6 nitrogen and oxygen atoms in total. The van der Waals surface area contributed by atoms with Crippen molar-refractivity contribution < 1.29 is 28.6 Å². The molecule has 9 atom stereocenters. The third-order valence-corrected chi connectivity index (χ3v) is 10.6. The van der Waals surface area contributed by atoms with Crippen LogP contribution in [0.1, 0.15) is 65.5 Å². The molecule has 0 radical (unpaired) electrons. The van der Waals surface area contributed by atoms with Crippen LogP contribution < -0.4 is 0 Å². The van der Waals surface area contributed by atoms with Crippen LogP contribution >= 0.6 is 0 Å². The molecule has 1 aromatic heterocycles. The summed E-state index contributed by atoms with van der Waals surface area (Å²) in [4.78, 5) is 25.8. The van der Waals surface area contributed by atoms with Crippen LogP contribution in [0.5, 0.6) is 0 Å². The van der Waals surface area contributed by atoms with Gasteiger partial charge in [0.15, 0.2) is 11.9 Å². The molecular formula is C26H32O6. The molecule has 1 spiro atoms. The van der Waals surface area contributed by atoms with E-state index in [0.29, 0.717) is 6.42 Å². The van der Waals surface area contributed by atoms with E-state index < -0.39 is 40.2 Å². The molecule has 0 aromatic carbocycles. The Balaban J connectivity index is 1.52. The number of hydrogen-bond acceptors (Lipinski definition) is 6. The standard InChI is InChI=1S/C26H32O6/c1-22(2)16-12-18(28)25(5)15(23(16,3)9-7-17(22)27)6-10-24(4)19(14-8-11-30-13-14)31-21(29)20-26(24,25)32-20/h7-9,11,13,15-16,18-20,28H,6,10,12H2,1-5H3/t15?,16?,18-,19+,20?,23-,24+,25+,26?/m1/s1. The highest BCUT2D eigenvalue weighted by Gasteiger charge is 2.87. The van der Waals surface area contributed by atoms with Gasteiger partial charge in [0, 0.05) is 21.8 Å². The van der Waals surface area contributed by atoms with Crippen LogP contribution in [-0.2, 0) is 19.1 Å². The van der Waals surface area contributed by atoms with Crippen molar-refractivity contribution >= 4 is 11.8 Å². The zero-order valence-electron chi connectivity index (χ0n) is 19.4. The highest BCUT2D eigenvalue weighted by Crippen LogP contribution is 2.79. The summed E-state index contributed by atoms with van der Waals surface area (Å²) in [6.45, 7) is 10.5. The van der Waals surface area contributed by atoms with Crippen LogP contribution in [-0.4, -0.2) is 34.7 Å². The maximum Gasteiger partial charge on any atom is 0.339 e. The third kappa shape index (κ3) is 1.98. The van der Waals surface area contributed by atoms with Gasteiger partial charge in [-0.3, -0.25) is 4.79 Å². The van der Waals surface area contributed by atoms with Crippen LogP contribution in [0.3, 0.4) is 0 Å². The van der Waals surface area contributed by atoms with Gasteiger partial charge in [0.1, 0.15) is 11.7 Å². The Kier molecular flexibility index (Phi) is 3.72. The van der Waals surface area contributed by atoms with E-state index in [2.05, 4.69) is 26.8 Å². The Morgan fingerprint density at radius 2 is 1.81 bits per heavy atom. The lowest BCUT2D eigenvalue weighted by atomic mass is 9.36. The summed E-state index contributed by atoms with van der Waals surface area (Å²) in [5.74, 6) is -0.138. The fraction of sp³-hybridized carbons (Fsp3) is 0.692. The van der Waals surface area contributed by atoms with Gasteiger partial charge in [-0.05, 0) is 48.7 Å². The predicted molar refractivity (Wildman–Crippen MR) is 114 cm³/mol. The number of allylic oxidation sites excluding steroid dienone is 2. The molecular weight excluding hydrogens is 408 g/mol. The minimum absolute atomic E-state index is 0.0266. The van der Waals surface area contributed by atoms with Crippen LogP contribution in [0.15, 0.2) is 35.2 Å². The molecule has 2 saturated heterocycles. The number of cyclic esters (lactones) is 1. The van der Waals surface area contributed by atoms with Crippen molar-refractivity contribution in [3.8, 4) is 0 Å². The SMILES string of the molecule is CC1(C)C(=O)C=C[C@@]2(C)C1C[C@@H](O)[C@]1(C)C2CC[C@@]2(C)[C@H](c3ccoc3)OC(=O)C3OC321. The molecule has 2 aliphatic heterocycles. The maximum absolute atomic E-state index is 13.0. The average molecular weight is 441 g/mol. The second-order valence-corrected chi connectivity index (χ2v) is 12.0. The van der Waals surface area contributed by atoms with Crippen molar-refractivity contribution in [2.75, 3.05) is 0 Å². The lowest BCUT2D eigenvalue weighted by molar-refractivity contribution is -0.246. The van der Waals surface area contributed by atoms with E-state index >= 15 is 0 Å². The minimum Gasteiger partial charge on any atom is -0.472 e. The number of aliphatic hydroxyl groups is 1. The number of rotatable bonds is 1. The van der Waals surface area contributed by atoms with E-state index in [1.807, 2.05) is 19.9 Å². The van der Waals surface area contributed by atoms with Crippen molar-refractivity contribution in [1.82, 2.24) is 0 Å². The quantitative estimate of drug-likeness (QED) is 0.525. The molecule has 2 saturated carbocycles. The molecule has 4 fully saturated rings. The van der Waals surface area contributed by atoms with Gasteiger partial charge in [-0.2, -0.15) is 0 Å². The summed E-state index contributed by atoms with van der Waals surface area (Å²) in [6, 6.07) is 1.85. The van der Waals surface area contributed by atoms with Gasteiger partial charge in [0.25, 0.3) is 0 Å². The summed E-state index contributed by atoms with van der Waals surface area (Å²) in [6.07, 6.45) is 7.39.